The van der Waals surface area contributed by atoms with Crippen molar-refractivity contribution in [3.63, 3.8) is 0 Å². The van der Waals surface area contributed by atoms with Gasteiger partial charge in [-0.1, -0.05) is 6.92 Å². The van der Waals surface area contributed by atoms with Crippen molar-refractivity contribution in [2.45, 2.75) is 20.3 Å². The molecule has 0 aromatic carbocycles. The second-order valence-electron chi connectivity index (χ2n) is 2.24. The maximum absolute atomic E-state index is 4.29. The number of hydrogen-bond acceptors (Lipinski definition) is 1. The Kier molecular flexibility index (Phi) is 1.56. The van der Waals surface area contributed by atoms with Crippen LogP contribution in [0.5, 0.6) is 0 Å². The van der Waals surface area contributed by atoms with Crippen LogP contribution in [0, 0.1) is 6.92 Å². The Hall–Kier alpha value is -0.790. The fourth-order valence-corrected chi connectivity index (χ4v) is 0.803. The molecule has 0 saturated heterocycles. The Labute approximate surface area is 55.5 Å². The number of imidazole rings is 1. The van der Waals surface area contributed by atoms with E-state index in [0.29, 0.717) is 0 Å². The summed E-state index contributed by atoms with van der Waals surface area (Å²) in [4.78, 5) is 4.29. The second kappa shape index (κ2) is 2.21. The zero-order valence-corrected chi connectivity index (χ0v) is 6.18. The number of aromatic nitrogens is 2. The molecule has 0 unspecified atom stereocenters. The molecule has 0 fully saturated rings. The smallest absolute Gasteiger partial charge is 0.105 e. The van der Waals surface area contributed by atoms with E-state index >= 15 is 0 Å². The molecule has 1 aromatic rings. The van der Waals surface area contributed by atoms with Crippen molar-refractivity contribution < 1.29 is 0 Å². The molecule has 0 spiro atoms. The van der Waals surface area contributed by atoms with Crippen LogP contribution in [-0.2, 0) is 13.5 Å². The Morgan fingerprint density at radius 3 is 2.56 bits per heavy atom. The molecule has 1 rings (SSSR count). The van der Waals surface area contributed by atoms with Crippen molar-refractivity contribution in [3.05, 3.63) is 17.7 Å². The first-order chi connectivity index (χ1) is 4.24. The molecule has 0 aliphatic heterocycles. The maximum Gasteiger partial charge on any atom is 0.105 e. The van der Waals surface area contributed by atoms with E-state index in [9.17, 15) is 0 Å². The molecule has 0 amide bonds. The lowest BCUT2D eigenvalue weighted by atomic mass is 10.4. The van der Waals surface area contributed by atoms with Crippen LogP contribution >= 0.6 is 0 Å². The molecule has 1 heterocycles. The van der Waals surface area contributed by atoms with Gasteiger partial charge in [-0.3, -0.25) is 0 Å². The fraction of sp³-hybridized carbons (Fsp3) is 0.571. The van der Waals surface area contributed by atoms with E-state index in [-0.39, 0.29) is 0 Å². The Morgan fingerprint density at radius 2 is 2.33 bits per heavy atom. The third kappa shape index (κ3) is 1.12. The van der Waals surface area contributed by atoms with Crippen molar-refractivity contribution in [2.75, 3.05) is 0 Å². The van der Waals surface area contributed by atoms with E-state index in [4.69, 9.17) is 0 Å². The van der Waals surface area contributed by atoms with Crippen molar-refractivity contribution in [1.82, 2.24) is 9.55 Å². The van der Waals surface area contributed by atoms with E-state index in [1.807, 2.05) is 18.5 Å². The first-order valence-corrected chi connectivity index (χ1v) is 3.23. The van der Waals surface area contributed by atoms with Crippen LogP contribution in [0.2, 0.25) is 0 Å². The van der Waals surface area contributed by atoms with Crippen molar-refractivity contribution in [3.8, 4) is 0 Å². The molecule has 0 atom stereocenters. The number of aryl methyl sites for hydroxylation is 3. The van der Waals surface area contributed by atoms with Gasteiger partial charge in [-0.25, -0.2) is 4.98 Å². The molecule has 0 aliphatic carbocycles. The second-order valence-corrected chi connectivity index (χ2v) is 2.24. The number of nitrogens with zero attached hydrogens (tertiary/aromatic N) is 2. The molecule has 1 aromatic heterocycles. The minimum absolute atomic E-state index is 1.03. The molecule has 0 N–H and O–H groups in total. The van der Waals surface area contributed by atoms with Crippen molar-refractivity contribution in [2.24, 2.45) is 7.05 Å². The van der Waals surface area contributed by atoms with Crippen LogP contribution < -0.4 is 0 Å². The van der Waals surface area contributed by atoms with Crippen LogP contribution in [0.3, 0.4) is 0 Å². The van der Waals surface area contributed by atoms with Crippen LogP contribution in [0.1, 0.15) is 18.4 Å². The highest BCUT2D eigenvalue weighted by Gasteiger charge is 1.95. The van der Waals surface area contributed by atoms with Gasteiger partial charge in [0.15, 0.2) is 0 Å². The van der Waals surface area contributed by atoms with Crippen molar-refractivity contribution >= 4 is 0 Å². The Morgan fingerprint density at radius 1 is 1.67 bits per heavy atom. The first-order valence-electron chi connectivity index (χ1n) is 3.23. The van der Waals surface area contributed by atoms with Gasteiger partial charge in [0.2, 0.25) is 0 Å². The Balaban J connectivity index is 2.98. The minimum Gasteiger partial charge on any atom is -0.338 e. The SMILES string of the molecule is CCc1cn(C)c(C)n1. The molecule has 50 valence electrons. The molecule has 0 aliphatic rings. The lowest BCUT2D eigenvalue weighted by Crippen LogP contribution is -1.86. The molecule has 9 heavy (non-hydrogen) atoms. The van der Waals surface area contributed by atoms with E-state index in [1.165, 1.54) is 5.69 Å². The summed E-state index contributed by atoms with van der Waals surface area (Å²) in [5.41, 5.74) is 1.18. The summed E-state index contributed by atoms with van der Waals surface area (Å²) in [7, 11) is 2.02. The molecule has 0 radical (unpaired) electrons. The average Bonchev–Trinajstić information content (AvgIpc) is 2.13. The molecular weight excluding hydrogens is 112 g/mol. The standard InChI is InChI=1S/C7H12N2/c1-4-7-5-9(3)6(2)8-7/h5H,4H2,1-3H3. The highest BCUT2D eigenvalue weighted by molar-refractivity contribution is 5.01. The van der Waals surface area contributed by atoms with E-state index in [2.05, 4.69) is 18.1 Å². The lowest BCUT2D eigenvalue weighted by Gasteiger charge is -1.87. The van der Waals surface area contributed by atoms with E-state index < -0.39 is 0 Å². The van der Waals surface area contributed by atoms with Crippen LogP contribution in [0.25, 0.3) is 0 Å². The predicted octanol–water partition coefficient (Wildman–Crippen LogP) is 1.29. The van der Waals surface area contributed by atoms with Crippen LogP contribution in [0.4, 0.5) is 0 Å². The van der Waals surface area contributed by atoms with Gasteiger partial charge in [0.05, 0.1) is 5.69 Å². The van der Waals surface area contributed by atoms with E-state index in [0.717, 1.165) is 12.2 Å². The molecular formula is C7H12N2. The summed E-state index contributed by atoms with van der Waals surface area (Å²) in [6, 6.07) is 0. The quantitative estimate of drug-likeness (QED) is 0.551. The molecule has 0 bridgehead atoms. The molecule has 0 saturated carbocycles. The average molecular weight is 124 g/mol. The lowest BCUT2D eigenvalue weighted by molar-refractivity contribution is 0.858. The summed E-state index contributed by atoms with van der Waals surface area (Å²) in [5.74, 6) is 1.09. The van der Waals surface area contributed by atoms with Gasteiger partial charge in [0.25, 0.3) is 0 Å². The predicted molar refractivity (Wildman–Crippen MR) is 37.3 cm³/mol. The van der Waals surface area contributed by atoms with Gasteiger partial charge in [-0.2, -0.15) is 0 Å². The Bertz CT molecular complexity index is 181. The van der Waals surface area contributed by atoms with E-state index in [1.54, 1.807) is 0 Å². The number of rotatable bonds is 1. The fourth-order valence-electron chi connectivity index (χ4n) is 0.803. The first kappa shape index (κ1) is 6.33. The highest BCUT2D eigenvalue weighted by Crippen LogP contribution is 1.98. The topological polar surface area (TPSA) is 17.8 Å². The van der Waals surface area contributed by atoms with Gasteiger partial charge < -0.3 is 4.57 Å². The minimum atomic E-state index is 1.03. The monoisotopic (exact) mass is 124 g/mol. The van der Waals surface area contributed by atoms with Gasteiger partial charge in [0, 0.05) is 13.2 Å². The number of hydrogen-bond donors (Lipinski definition) is 0. The van der Waals surface area contributed by atoms with Gasteiger partial charge in [0.1, 0.15) is 5.82 Å². The van der Waals surface area contributed by atoms with Crippen LogP contribution in [0.15, 0.2) is 6.20 Å². The highest BCUT2D eigenvalue weighted by atomic mass is 15.0. The summed E-state index contributed by atoms with van der Waals surface area (Å²) in [6.07, 6.45) is 3.09. The van der Waals surface area contributed by atoms with Crippen LogP contribution in [-0.4, -0.2) is 9.55 Å². The summed E-state index contributed by atoms with van der Waals surface area (Å²) < 4.78 is 2.04. The molecule has 2 heteroatoms. The van der Waals surface area contributed by atoms with Gasteiger partial charge in [-0.15, -0.1) is 0 Å². The molecule has 2 nitrogen and oxygen atoms in total. The summed E-state index contributed by atoms with van der Waals surface area (Å²) in [5, 5.41) is 0. The normalized spacial score (nSPS) is 10.1. The summed E-state index contributed by atoms with van der Waals surface area (Å²) in [6.45, 7) is 4.13. The third-order valence-corrected chi connectivity index (χ3v) is 1.52. The van der Waals surface area contributed by atoms with Gasteiger partial charge in [-0.05, 0) is 13.3 Å². The zero-order chi connectivity index (χ0) is 6.85. The third-order valence-electron chi connectivity index (χ3n) is 1.52. The summed E-state index contributed by atoms with van der Waals surface area (Å²) >= 11 is 0. The van der Waals surface area contributed by atoms with Gasteiger partial charge >= 0.3 is 0 Å². The van der Waals surface area contributed by atoms with Crippen molar-refractivity contribution in [1.29, 1.82) is 0 Å². The largest absolute Gasteiger partial charge is 0.338 e. The maximum atomic E-state index is 4.29. The zero-order valence-electron chi connectivity index (χ0n) is 6.18.